The van der Waals surface area contributed by atoms with Gasteiger partial charge in [-0.3, -0.25) is 0 Å². The molecular formula is C20H30. The zero-order chi connectivity index (χ0) is 13.9. The molecule has 1 atom stereocenters. The van der Waals surface area contributed by atoms with Crippen LogP contribution in [-0.4, -0.2) is 0 Å². The quantitative estimate of drug-likeness (QED) is 0.535. The fraction of sp³-hybridized carbons (Fsp3) is 0.700. The van der Waals surface area contributed by atoms with Crippen LogP contribution in [0.15, 0.2) is 35.5 Å². The summed E-state index contributed by atoms with van der Waals surface area (Å²) >= 11 is 0. The Kier molecular flexibility index (Phi) is 4.48. The van der Waals surface area contributed by atoms with Gasteiger partial charge in [0.25, 0.3) is 0 Å². The van der Waals surface area contributed by atoms with Gasteiger partial charge < -0.3 is 0 Å². The van der Waals surface area contributed by atoms with Gasteiger partial charge in [0.2, 0.25) is 0 Å². The molecule has 0 aromatic carbocycles. The minimum absolute atomic E-state index is 0.814. The van der Waals surface area contributed by atoms with E-state index in [0.717, 1.165) is 17.8 Å². The summed E-state index contributed by atoms with van der Waals surface area (Å²) in [5.74, 6) is 2.82. The minimum Gasteiger partial charge on any atom is -0.103 e. The van der Waals surface area contributed by atoms with Crippen molar-refractivity contribution < 1.29 is 0 Å². The van der Waals surface area contributed by atoms with Crippen molar-refractivity contribution in [1.29, 1.82) is 0 Å². The summed E-state index contributed by atoms with van der Waals surface area (Å²) in [4.78, 5) is 0. The molecule has 0 radical (unpaired) electrons. The van der Waals surface area contributed by atoms with Crippen LogP contribution in [-0.2, 0) is 0 Å². The van der Waals surface area contributed by atoms with Crippen molar-refractivity contribution in [2.45, 2.75) is 71.1 Å². The third-order valence-electron chi connectivity index (χ3n) is 6.14. The average Bonchev–Trinajstić information content (AvgIpc) is 2.54. The van der Waals surface area contributed by atoms with E-state index in [-0.39, 0.29) is 0 Å². The van der Waals surface area contributed by atoms with E-state index in [1.165, 1.54) is 64.2 Å². The van der Waals surface area contributed by atoms with Crippen LogP contribution in [0.2, 0.25) is 0 Å². The predicted octanol–water partition coefficient (Wildman–Crippen LogP) is 6.21. The highest BCUT2D eigenvalue weighted by Crippen LogP contribution is 2.44. The lowest BCUT2D eigenvalue weighted by Gasteiger charge is -2.37. The molecule has 0 nitrogen and oxygen atoms in total. The van der Waals surface area contributed by atoms with Crippen LogP contribution in [0.5, 0.6) is 0 Å². The molecule has 0 heteroatoms. The van der Waals surface area contributed by atoms with Gasteiger partial charge in [0, 0.05) is 0 Å². The van der Waals surface area contributed by atoms with Crippen LogP contribution in [0.1, 0.15) is 71.1 Å². The fourth-order valence-electron chi connectivity index (χ4n) is 4.67. The molecule has 0 aromatic heterocycles. The Balaban J connectivity index is 1.61. The maximum Gasteiger partial charge on any atom is -0.0236 e. The van der Waals surface area contributed by atoms with Gasteiger partial charge in [0.05, 0.1) is 0 Å². The Morgan fingerprint density at radius 2 is 1.85 bits per heavy atom. The first-order valence-electron chi connectivity index (χ1n) is 8.83. The standard InChI is InChI=1S/C20H30/c1-3-15-5-8-17(9-6-15)19-12-11-18-13-16(4-2)7-10-20(18)14-19/h3,13,15,17,19H,1,4-12,14H2,2H3. The molecular weight excluding hydrogens is 240 g/mol. The summed E-state index contributed by atoms with van der Waals surface area (Å²) in [5, 5.41) is 0. The van der Waals surface area contributed by atoms with Crippen LogP contribution < -0.4 is 0 Å². The molecule has 0 saturated heterocycles. The van der Waals surface area contributed by atoms with Crippen molar-refractivity contribution >= 4 is 0 Å². The maximum absolute atomic E-state index is 3.98. The van der Waals surface area contributed by atoms with Gasteiger partial charge in [-0.2, -0.15) is 0 Å². The second-order valence-corrected chi connectivity index (χ2v) is 7.20. The minimum atomic E-state index is 0.814. The molecule has 1 unspecified atom stereocenters. The monoisotopic (exact) mass is 270 g/mol. The number of hydrogen-bond acceptors (Lipinski definition) is 0. The van der Waals surface area contributed by atoms with Crippen LogP contribution in [0, 0.1) is 17.8 Å². The number of rotatable bonds is 3. The van der Waals surface area contributed by atoms with E-state index in [2.05, 4.69) is 25.7 Å². The maximum atomic E-state index is 3.98. The molecule has 1 fully saturated rings. The van der Waals surface area contributed by atoms with Crippen LogP contribution >= 0.6 is 0 Å². The van der Waals surface area contributed by atoms with Crippen LogP contribution in [0.4, 0.5) is 0 Å². The second kappa shape index (κ2) is 6.33. The van der Waals surface area contributed by atoms with Crippen molar-refractivity contribution in [1.82, 2.24) is 0 Å². The lowest BCUT2D eigenvalue weighted by atomic mass is 9.68. The Morgan fingerprint density at radius 3 is 2.55 bits per heavy atom. The predicted molar refractivity (Wildman–Crippen MR) is 87.6 cm³/mol. The Hall–Kier alpha value is -0.780. The van der Waals surface area contributed by atoms with Crippen LogP contribution in [0.25, 0.3) is 0 Å². The van der Waals surface area contributed by atoms with Gasteiger partial charge in [0.15, 0.2) is 0 Å². The highest BCUT2D eigenvalue weighted by molar-refractivity contribution is 5.35. The van der Waals surface area contributed by atoms with E-state index < -0.39 is 0 Å². The van der Waals surface area contributed by atoms with Crippen molar-refractivity contribution in [3.8, 4) is 0 Å². The average molecular weight is 270 g/mol. The topological polar surface area (TPSA) is 0 Å². The first-order chi connectivity index (χ1) is 9.80. The molecule has 0 heterocycles. The van der Waals surface area contributed by atoms with E-state index in [1.807, 2.05) is 5.57 Å². The van der Waals surface area contributed by atoms with E-state index in [1.54, 1.807) is 11.1 Å². The summed E-state index contributed by atoms with van der Waals surface area (Å²) in [7, 11) is 0. The number of hydrogen-bond donors (Lipinski definition) is 0. The van der Waals surface area contributed by atoms with Gasteiger partial charge in [-0.25, -0.2) is 0 Å². The third kappa shape index (κ3) is 2.95. The van der Waals surface area contributed by atoms with Crippen molar-refractivity contribution in [2.24, 2.45) is 17.8 Å². The molecule has 0 spiro atoms. The molecule has 0 amide bonds. The van der Waals surface area contributed by atoms with Gasteiger partial charge in [-0.15, -0.1) is 6.58 Å². The molecule has 3 aliphatic carbocycles. The van der Waals surface area contributed by atoms with Crippen LogP contribution in [0.3, 0.4) is 0 Å². The fourth-order valence-corrected chi connectivity index (χ4v) is 4.67. The summed E-state index contributed by atoms with van der Waals surface area (Å²) < 4.78 is 0. The lowest BCUT2D eigenvalue weighted by molar-refractivity contribution is 0.205. The molecule has 20 heavy (non-hydrogen) atoms. The Morgan fingerprint density at radius 1 is 1.05 bits per heavy atom. The van der Waals surface area contributed by atoms with Gasteiger partial charge in [-0.1, -0.05) is 30.2 Å². The molecule has 0 N–H and O–H groups in total. The van der Waals surface area contributed by atoms with Gasteiger partial charge in [0.1, 0.15) is 0 Å². The molecule has 0 aliphatic heterocycles. The summed E-state index contributed by atoms with van der Waals surface area (Å²) in [6.45, 7) is 6.28. The molecule has 0 aromatic rings. The van der Waals surface area contributed by atoms with E-state index >= 15 is 0 Å². The molecule has 3 rings (SSSR count). The molecule has 3 aliphatic rings. The summed E-state index contributed by atoms with van der Waals surface area (Å²) in [6.07, 6.45) is 18.7. The molecule has 1 saturated carbocycles. The van der Waals surface area contributed by atoms with E-state index in [9.17, 15) is 0 Å². The van der Waals surface area contributed by atoms with Crippen molar-refractivity contribution in [3.05, 3.63) is 35.5 Å². The SMILES string of the molecule is C=CC1CCC(C2CCC3=C(CCC(CC)=C3)C2)CC1. The van der Waals surface area contributed by atoms with Gasteiger partial charge >= 0.3 is 0 Å². The third-order valence-corrected chi connectivity index (χ3v) is 6.14. The molecule has 110 valence electrons. The zero-order valence-corrected chi connectivity index (χ0v) is 13.2. The zero-order valence-electron chi connectivity index (χ0n) is 13.2. The van der Waals surface area contributed by atoms with Crippen molar-refractivity contribution in [3.63, 3.8) is 0 Å². The Labute approximate surface area is 125 Å². The van der Waals surface area contributed by atoms with Crippen molar-refractivity contribution in [2.75, 3.05) is 0 Å². The number of allylic oxidation sites excluding steroid dienone is 5. The first kappa shape index (κ1) is 14.2. The Bertz CT molecular complexity index is 415. The molecule has 0 bridgehead atoms. The summed E-state index contributed by atoms with van der Waals surface area (Å²) in [5.41, 5.74) is 5.24. The lowest BCUT2D eigenvalue weighted by Crippen LogP contribution is -2.24. The normalized spacial score (nSPS) is 34.5. The highest BCUT2D eigenvalue weighted by atomic mass is 14.4. The second-order valence-electron chi connectivity index (χ2n) is 7.20. The van der Waals surface area contributed by atoms with E-state index in [0.29, 0.717) is 0 Å². The highest BCUT2D eigenvalue weighted by Gasteiger charge is 2.30. The van der Waals surface area contributed by atoms with E-state index in [4.69, 9.17) is 0 Å². The largest absolute Gasteiger partial charge is 0.103 e. The van der Waals surface area contributed by atoms with Gasteiger partial charge in [-0.05, 0) is 87.5 Å². The smallest absolute Gasteiger partial charge is 0.0236 e. The summed E-state index contributed by atoms with van der Waals surface area (Å²) in [6, 6.07) is 0. The first-order valence-corrected chi connectivity index (χ1v) is 8.83.